The van der Waals surface area contributed by atoms with Crippen LogP contribution in [0.3, 0.4) is 0 Å². The normalized spacial score (nSPS) is 13.0. The molecule has 0 aliphatic heterocycles. The minimum absolute atomic E-state index is 0.247. The third kappa shape index (κ3) is 5.57. The van der Waals surface area contributed by atoms with Crippen molar-refractivity contribution in [1.82, 2.24) is 5.32 Å². The Labute approximate surface area is 118 Å². The van der Waals surface area contributed by atoms with E-state index in [0.29, 0.717) is 0 Å². The first kappa shape index (κ1) is 17.2. The maximum Gasteiger partial charge on any atom is 0.319 e. The number of para-hydroxylation sites is 1. The predicted molar refractivity (Wildman–Crippen MR) is 66.5 cm³/mol. The van der Waals surface area contributed by atoms with Crippen molar-refractivity contribution < 1.29 is 27.4 Å². The van der Waals surface area contributed by atoms with Gasteiger partial charge in [-0.25, -0.2) is 8.78 Å². The smallest absolute Gasteiger partial charge is 0.319 e. The molecular formula is C13H14F4N2O2. The van der Waals surface area contributed by atoms with Gasteiger partial charge in [0.25, 0.3) is 0 Å². The van der Waals surface area contributed by atoms with Gasteiger partial charge in [-0.1, -0.05) is 12.1 Å². The minimum atomic E-state index is -4.14. The Kier molecular flexibility index (Phi) is 6.39. The van der Waals surface area contributed by atoms with Gasteiger partial charge in [0.05, 0.1) is 12.1 Å². The Balaban J connectivity index is 2.35. The van der Waals surface area contributed by atoms with Crippen LogP contribution in [0.1, 0.15) is 5.56 Å². The quantitative estimate of drug-likeness (QED) is 0.719. The van der Waals surface area contributed by atoms with Gasteiger partial charge >= 0.3 is 12.3 Å². The summed E-state index contributed by atoms with van der Waals surface area (Å²) in [6, 6.07) is 8.19. The largest absolute Gasteiger partial charge is 0.489 e. The molecule has 1 atom stereocenters. The van der Waals surface area contributed by atoms with Gasteiger partial charge in [0.1, 0.15) is 24.5 Å². The Morgan fingerprint density at radius 3 is 2.62 bits per heavy atom. The summed E-state index contributed by atoms with van der Waals surface area (Å²) < 4.78 is 54.1. The Morgan fingerprint density at radius 2 is 2.00 bits per heavy atom. The number of nitrogens with one attached hydrogen (secondary N) is 1. The molecule has 1 rings (SSSR count). The van der Waals surface area contributed by atoms with E-state index < -0.39 is 25.0 Å². The van der Waals surface area contributed by atoms with E-state index in [2.05, 4.69) is 0 Å². The summed E-state index contributed by atoms with van der Waals surface area (Å²) in [5.74, 6) is -3.90. The molecule has 2 N–H and O–H groups in total. The number of nitriles is 1. The third-order valence-corrected chi connectivity index (χ3v) is 2.50. The van der Waals surface area contributed by atoms with Gasteiger partial charge in [-0.3, -0.25) is 0 Å². The van der Waals surface area contributed by atoms with Crippen molar-refractivity contribution >= 4 is 0 Å². The lowest BCUT2D eigenvalue weighted by Gasteiger charge is -2.18. The number of hydrogen-bond donors (Lipinski definition) is 2. The first-order chi connectivity index (χ1) is 9.86. The molecule has 21 heavy (non-hydrogen) atoms. The van der Waals surface area contributed by atoms with Gasteiger partial charge in [0, 0.05) is 6.54 Å². The summed E-state index contributed by atoms with van der Waals surface area (Å²) in [6.45, 7) is -1.83. The van der Waals surface area contributed by atoms with Gasteiger partial charge in [-0.05, 0) is 12.1 Å². The van der Waals surface area contributed by atoms with Crippen molar-refractivity contribution in [3.63, 3.8) is 0 Å². The third-order valence-electron chi connectivity index (χ3n) is 2.50. The summed E-state index contributed by atoms with van der Waals surface area (Å²) in [7, 11) is 0. The average Bonchev–Trinajstić information content (AvgIpc) is 2.45. The molecule has 0 heterocycles. The van der Waals surface area contributed by atoms with Crippen LogP contribution >= 0.6 is 0 Å². The van der Waals surface area contributed by atoms with Gasteiger partial charge < -0.3 is 15.2 Å². The van der Waals surface area contributed by atoms with Crippen LogP contribution in [0.15, 0.2) is 24.3 Å². The molecule has 116 valence electrons. The fraction of sp³-hybridized carbons (Fsp3) is 0.462. The first-order valence-electron chi connectivity index (χ1n) is 6.03. The monoisotopic (exact) mass is 306 g/mol. The zero-order valence-corrected chi connectivity index (χ0v) is 10.9. The van der Waals surface area contributed by atoms with Crippen molar-refractivity contribution in [2.75, 3.05) is 19.7 Å². The maximum atomic E-state index is 12.6. The van der Waals surface area contributed by atoms with Crippen LogP contribution in [0, 0.1) is 11.3 Å². The van der Waals surface area contributed by atoms with E-state index in [-0.39, 0.29) is 24.5 Å². The van der Waals surface area contributed by atoms with Crippen molar-refractivity contribution in [3.8, 4) is 11.8 Å². The number of hydrogen-bond acceptors (Lipinski definition) is 4. The van der Waals surface area contributed by atoms with Crippen molar-refractivity contribution in [1.29, 1.82) is 5.26 Å². The second kappa shape index (κ2) is 7.81. The van der Waals surface area contributed by atoms with Crippen LogP contribution in [-0.2, 0) is 0 Å². The fourth-order valence-corrected chi connectivity index (χ4v) is 1.41. The SMILES string of the molecule is N#Cc1ccccc1OCC(O)CNCC(F)(F)C(F)F. The number of aliphatic hydroxyl groups is 1. The van der Waals surface area contributed by atoms with Crippen molar-refractivity contribution in [3.05, 3.63) is 29.8 Å². The molecule has 0 amide bonds. The van der Waals surface area contributed by atoms with Crippen LogP contribution in [0.25, 0.3) is 0 Å². The van der Waals surface area contributed by atoms with Crippen molar-refractivity contribution in [2.45, 2.75) is 18.5 Å². The molecule has 0 spiro atoms. The predicted octanol–water partition coefficient (Wildman–Crippen LogP) is 1.79. The number of aliphatic hydroxyl groups excluding tert-OH is 1. The van der Waals surface area contributed by atoms with Gasteiger partial charge in [-0.15, -0.1) is 0 Å². The van der Waals surface area contributed by atoms with E-state index in [1.807, 2.05) is 11.4 Å². The number of ether oxygens (including phenoxy) is 1. The molecular weight excluding hydrogens is 292 g/mol. The molecule has 0 radical (unpaired) electrons. The highest BCUT2D eigenvalue weighted by Gasteiger charge is 2.40. The number of rotatable bonds is 8. The summed E-state index contributed by atoms with van der Waals surface area (Å²) >= 11 is 0. The molecule has 1 aromatic carbocycles. The van der Waals surface area contributed by atoms with E-state index in [9.17, 15) is 22.7 Å². The lowest BCUT2D eigenvalue weighted by molar-refractivity contribution is -0.125. The fourth-order valence-electron chi connectivity index (χ4n) is 1.41. The lowest BCUT2D eigenvalue weighted by Crippen LogP contribution is -2.42. The van der Waals surface area contributed by atoms with Crippen molar-refractivity contribution in [2.24, 2.45) is 0 Å². The number of halogens is 4. The zero-order chi connectivity index (χ0) is 15.9. The zero-order valence-electron chi connectivity index (χ0n) is 10.9. The van der Waals surface area contributed by atoms with E-state index in [4.69, 9.17) is 10.00 Å². The summed E-state index contributed by atoms with van der Waals surface area (Å²) in [4.78, 5) is 0. The second-order valence-corrected chi connectivity index (χ2v) is 4.27. The average molecular weight is 306 g/mol. The lowest BCUT2D eigenvalue weighted by atomic mass is 10.2. The summed E-state index contributed by atoms with van der Waals surface area (Å²) in [5, 5.41) is 20.4. The van der Waals surface area contributed by atoms with Crippen LogP contribution in [0.5, 0.6) is 5.75 Å². The first-order valence-corrected chi connectivity index (χ1v) is 6.03. The van der Waals surface area contributed by atoms with Crippen LogP contribution in [-0.4, -0.2) is 43.3 Å². The molecule has 0 saturated carbocycles. The molecule has 0 aromatic heterocycles. The Hall–Kier alpha value is -1.85. The standard InChI is InChI=1S/C13H14F4N2O2/c14-12(15)13(16,17)8-19-6-10(20)7-21-11-4-2-1-3-9(11)5-18/h1-4,10,12,19-20H,6-8H2. The number of benzene rings is 1. The molecule has 1 unspecified atom stereocenters. The van der Waals surface area contributed by atoms with E-state index in [0.717, 1.165) is 0 Å². The molecule has 0 bridgehead atoms. The molecule has 1 aromatic rings. The highest BCUT2D eigenvalue weighted by molar-refractivity contribution is 5.42. The van der Waals surface area contributed by atoms with Gasteiger partial charge in [0.15, 0.2) is 0 Å². The van der Waals surface area contributed by atoms with Gasteiger partial charge in [0.2, 0.25) is 0 Å². The van der Waals surface area contributed by atoms with Crippen LogP contribution < -0.4 is 10.1 Å². The highest BCUT2D eigenvalue weighted by Crippen LogP contribution is 2.21. The van der Waals surface area contributed by atoms with E-state index >= 15 is 0 Å². The molecule has 0 aliphatic carbocycles. The number of alkyl halides is 4. The molecule has 0 saturated heterocycles. The minimum Gasteiger partial charge on any atom is -0.489 e. The molecule has 0 fully saturated rings. The van der Waals surface area contributed by atoms with Gasteiger partial charge in [-0.2, -0.15) is 14.0 Å². The summed E-state index contributed by atoms with van der Waals surface area (Å²) in [5.41, 5.74) is 0.266. The van der Waals surface area contributed by atoms with E-state index in [1.54, 1.807) is 12.1 Å². The number of nitrogens with zero attached hydrogens (tertiary/aromatic N) is 1. The maximum absolute atomic E-state index is 12.6. The topological polar surface area (TPSA) is 65.3 Å². The molecule has 4 nitrogen and oxygen atoms in total. The van der Waals surface area contributed by atoms with E-state index in [1.165, 1.54) is 12.1 Å². The van der Waals surface area contributed by atoms with Crippen LogP contribution in [0.2, 0.25) is 0 Å². The second-order valence-electron chi connectivity index (χ2n) is 4.27. The van der Waals surface area contributed by atoms with Crippen LogP contribution in [0.4, 0.5) is 17.6 Å². The summed E-state index contributed by atoms with van der Waals surface area (Å²) in [6.07, 6.45) is -4.94. The molecule has 8 heteroatoms. The Bertz CT molecular complexity index is 491. The highest BCUT2D eigenvalue weighted by atomic mass is 19.3. The Morgan fingerprint density at radius 1 is 1.33 bits per heavy atom. The molecule has 0 aliphatic rings.